The van der Waals surface area contributed by atoms with Crippen molar-refractivity contribution >= 4 is 11.3 Å². The molecule has 1 heterocycles. The average molecular weight is 342 g/mol. The summed E-state index contributed by atoms with van der Waals surface area (Å²) in [6, 6.07) is 13.1. The first kappa shape index (κ1) is 16.8. The first-order valence-electron chi connectivity index (χ1n) is 7.76. The maximum atomic E-state index is 13.4. The van der Waals surface area contributed by atoms with E-state index in [1.807, 2.05) is 5.38 Å². The fraction of sp³-hybridized carbons (Fsp3) is 0.211. The van der Waals surface area contributed by atoms with Crippen LogP contribution in [0, 0.1) is 12.7 Å². The minimum Gasteiger partial charge on any atom is -0.392 e. The first-order valence-corrected chi connectivity index (χ1v) is 8.64. The fourth-order valence-electron chi connectivity index (χ4n) is 2.41. The van der Waals surface area contributed by atoms with Crippen LogP contribution in [0.5, 0.6) is 0 Å². The van der Waals surface area contributed by atoms with Crippen LogP contribution in [0.15, 0.2) is 47.8 Å². The van der Waals surface area contributed by atoms with Crippen molar-refractivity contribution in [1.29, 1.82) is 0 Å². The minimum atomic E-state index is -0.372. The predicted octanol–water partition coefficient (Wildman–Crippen LogP) is 4.04. The molecule has 24 heavy (non-hydrogen) atoms. The third-order valence-corrected chi connectivity index (χ3v) is 4.71. The molecule has 0 bridgehead atoms. The van der Waals surface area contributed by atoms with E-state index in [1.54, 1.807) is 23.5 Å². The number of nitrogens with zero attached hydrogens (tertiary/aromatic N) is 1. The van der Waals surface area contributed by atoms with Gasteiger partial charge in [-0.15, -0.1) is 11.3 Å². The van der Waals surface area contributed by atoms with Crippen molar-refractivity contribution in [2.45, 2.75) is 26.6 Å². The van der Waals surface area contributed by atoms with Crippen molar-refractivity contribution in [3.05, 3.63) is 76.0 Å². The van der Waals surface area contributed by atoms with Crippen LogP contribution in [0.4, 0.5) is 4.39 Å². The van der Waals surface area contributed by atoms with Crippen LogP contribution < -0.4 is 5.32 Å². The average Bonchev–Trinajstić information content (AvgIpc) is 3.06. The molecule has 124 valence electrons. The Morgan fingerprint density at radius 1 is 1.12 bits per heavy atom. The van der Waals surface area contributed by atoms with Crippen LogP contribution >= 0.6 is 11.3 Å². The smallest absolute Gasteiger partial charge is 0.128 e. The number of nitrogens with one attached hydrogen (secondary N) is 1. The quantitative estimate of drug-likeness (QED) is 0.711. The van der Waals surface area contributed by atoms with Gasteiger partial charge in [-0.25, -0.2) is 9.37 Å². The molecule has 0 amide bonds. The van der Waals surface area contributed by atoms with Crippen LogP contribution in [-0.4, -0.2) is 10.1 Å². The molecule has 0 aliphatic rings. The molecule has 5 heteroatoms. The standard InChI is InChI=1S/C19H19FN2OS/c1-13-2-5-15(6-3-13)19-22-17(12-24-19)10-21-9-14-4-7-18(20)16(8-14)11-23/h2-8,12,21,23H,9-11H2,1H3. The molecule has 0 radical (unpaired) electrons. The summed E-state index contributed by atoms with van der Waals surface area (Å²) in [7, 11) is 0. The van der Waals surface area contributed by atoms with Crippen molar-refractivity contribution in [3.8, 4) is 10.6 Å². The van der Waals surface area contributed by atoms with Crippen molar-refractivity contribution in [1.82, 2.24) is 10.3 Å². The van der Waals surface area contributed by atoms with Gasteiger partial charge >= 0.3 is 0 Å². The van der Waals surface area contributed by atoms with Gasteiger partial charge in [-0.2, -0.15) is 0 Å². The molecule has 0 unspecified atom stereocenters. The monoisotopic (exact) mass is 342 g/mol. The molecule has 3 rings (SSSR count). The Balaban J connectivity index is 1.59. The zero-order chi connectivity index (χ0) is 16.9. The Morgan fingerprint density at radius 3 is 2.67 bits per heavy atom. The third kappa shape index (κ3) is 4.06. The zero-order valence-electron chi connectivity index (χ0n) is 13.4. The molecule has 3 aromatic rings. The SMILES string of the molecule is Cc1ccc(-c2nc(CNCc3ccc(F)c(CO)c3)cs2)cc1. The highest BCUT2D eigenvalue weighted by Gasteiger charge is 2.06. The Bertz CT molecular complexity index is 814. The molecule has 0 saturated heterocycles. The van der Waals surface area contributed by atoms with Gasteiger partial charge in [-0.05, 0) is 24.6 Å². The number of halogens is 1. The van der Waals surface area contributed by atoms with Crippen LogP contribution in [0.25, 0.3) is 10.6 Å². The number of aromatic nitrogens is 1. The van der Waals surface area contributed by atoms with Crippen molar-refractivity contribution in [2.24, 2.45) is 0 Å². The molecule has 0 aliphatic heterocycles. The van der Waals surface area contributed by atoms with Crippen LogP contribution in [0.1, 0.15) is 22.4 Å². The van der Waals surface area contributed by atoms with Gasteiger partial charge in [0.2, 0.25) is 0 Å². The third-order valence-electron chi connectivity index (χ3n) is 3.77. The van der Waals surface area contributed by atoms with Crippen LogP contribution in [0.3, 0.4) is 0 Å². The van der Waals surface area contributed by atoms with E-state index in [9.17, 15) is 4.39 Å². The lowest BCUT2D eigenvalue weighted by atomic mass is 10.1. The van der Waals surface area contributed by atoms with Gasteiger partial charge in [0.15, 0.2) is 0 Å². The molecule has 0 saturated carbocycles. The topological polar surface area (TPSA) is 45.2 Å². The van der Waals surface area contributed by atoms with Gasteiger partial charge in [0, 0.05) is 29.6 Å². The number of rotatable bonds is 6. The summed E-state index contributed by atoms with van der Waals surface area (Å²) in [4.78, 5) is 4.65. The van der Waals surface area contributed by atoms with Crippen LogP contribution in [-0.2, 0) is 19.7 Å². The van der Waals surface area contributed by atoms with Gasteiger partial charge in [-0.1, -0.05) is 35.9 Å². The van der Waals surface area contributed by atoms with E-state index in [4.69, 9.17) is 5.11 Å². The highest BCUT2D eigenvalue weighted by Crippen LogP contribution is 2.24. The molecular weight excluding hydrogens is 323 g/mol. The number of aliphatic hydroxyl groups is 1. The van der Waals surface area contributed by atoms with Gasteiger partial charge in [0.1, 0.15) is 10.8 Å². The molecule has 0 atom stereocenters. The van der Waals surface area contributed by atoms with E-state index in [2.05, 4.69) is 41.5 Å². The van der Waals surface area contributed by atoms with Crippen LogP contribution in [0.2, 0.25) is 0 Å². The van der Waals surface area contributed by atoms with E-state index in [-0.39, 0.29) is 12.4 Å². The molecular formula is C19H19FN2OS. The van der Waals surface area contributed by atoms with Crippen molar-refractivity contribution in [3.63, 3.8) is 0 Å². The molecule has 3 nitrogen and oxygen atoms in total. The Morgan fingerprint density at radius 2 is 1.92 bits per heavy atom. The van der Waals surface area contributed by atoms with Crippen molar-refractivity contribution in [2.75, 3.05) is 0 Å². The number of hydrogen-bond acceptors (Lipinski definition) is 4. The van der Waals surface area contributed by atoms with Gasteiger partial charge in [0.25, 0.3) is 0 Å². The molecule has 2 aromatic carbocycles. The number of aryl methyl sites for hydroxylation is 1. The maximum absolute atomic E-state index is 13.4. The molecule has 0 aliphatic carbocycles. The largest absolute Gasteiger partial charge is 0.392 e. The van der Waals surface area contributed by atoms with E-state index in [1.165, 1.54) is 11.6 Å². The lowest BCUT2D eigenvalue weighted by molar-refractivity contribution is 0.275. The van der Waals surface area contributed by atoms with Gasteiger partial charge in [-0.3, -0.25) is 0 Å². The molecule has 0 spiro atoms. The minimum absolute atomic E-state index is 0.286. The summed E-state index contributed by atoms with van der Waals surface area (Å²) in [5, 5.41) is 15.5. The number of thiazole rings is 1. The zero-order valence-corrected chi connectivity index (χ0v) is 14.2. The lowest BCUT2D eigenvalue weighted by Gasteiger charge is -2.06. The Hall–Kier alpha value is -2.08. The summed E-state index contributed by atoms with van der Waals surface area (Å²) in [6.07, 6.45) is 0. The Labute approximate surface area is 144 Å². The summed E-state index contributed by atoms with van der Waals surface area (Å²) >= 11 is 1.63. The lowest BCUT2D eigenvalue weighted by Crippen LogP contribution is -2.13. The second-order valence-corrected chi connectivity index (χ2v) is 6.56. The summed E-state index contributed by atoms with van der Waals surface area (Å²) in [6.45, 7) is 3.03. The highest BCUT2D eigenvalue weighted by atomic mass is 32.1. The van der Waals surface area contributed by atoms with Gasteiger partial charge in [0.05, 0.1) is 12.3 Å². The second kappa shape index (κ2) is 7.66. The molecule has 0 fully saturated rings. The number of hydrogen-bond donors (Lipinski definition) is 2. The first-order chi connectivity index (χ1) is 11.7. The highest BCUT2D eigenvalue weighted by molar-refractivity contribution is 7.13. The van der Waals surface area contributed by atoms with E-state index in [0.29, 0.717) is 18.7 Å². The van der Waals surface area contributed by atoms with Crippen molar-refractivity contribution < 1.29 is 9.50 Å². The second-order valence-electron chi connectivity index (χ2n) is 5.70. The van der Waals surface area contributed by atoms with E-state index in [0.717, 1.165) is 21.8 Å². The van der Waals surface area contributed by atoms with E-state index >= 15 is 0 Å². The summed E-state index contributed by atoms with van der Waals surface area (Å²) < 4.78 is 13.4. The predicted molar refractivity (Wildman–Crippen MR) is 95.2 cm³/mol. The normalized spacial score (nSPS) is 11.0. The molecule has 1 aromatic heterocycles. The number of benzene rings is 2. The summed E-state index contributed by atoms with van der Waals surface area (Å²) in [5.41, 5.74) is 4.61. The Kier molecular flexibility index (Phi) is 5.35. The number of aliphatic hydroxyl groups excluding tert-OH is 1. The summed E-state index contributed by atoms with van der Waals surface area (Å²) in [5.74, 6) is -0.372. The maximum Gasteiger partial charge on any atom is 0.128 e. The molecule has 2 N–H and O–H groups in total. The van der Waals surface area contributed by atoms with Gasteiger partial charge < -0.3 is 10.4 Å². The fourth-order valence-corrected chi connectivity index (χ4v) is 3.24. The van der Waals surface area contributed by atoms with E-state index < -0.39 is 0 Å².